The summed E-state index contributed by atoms with van der Waals surface area (Å²) in [5.74, 6) is 2.46. The molecule has 1 heterocycles. The topological polar surface area (TPSA) is 78.3 Å². The van der Waals surface area contributed by atoms with Gasteiger partial charge in [0.15, 0.2) is 11.5 Å². The van der Waals surface area contributed by atoms with Gasteiger partial charge in [-0.3, -0.25) is 4.79 Å². The van der Waals surface area contributed by atoms with E-state index < -0.39 is 0 Å². The van der Waals surface area contributed by atoms with Gasteiger partial charge in [-0.05, 0) is 44.0 Å². The Kier molecular flexibility index (Phi) is 5.94. The molecule has 0 spiro atoms. The van der Waals surface area contributed by atoms with E-state index in [9.17, 15) is 4.79 Å². The summed E-state index contributed by atoms with van der Waals surface area (Å²) >= 11 is 1.35. The molecule has 1 fully saturated rings. The van der Waals surface area contributed by atoms with Crippen molar-refractivity contribution in [2.45, 2.75) is 36.1 Å². The third-order valence-electron chi connectivity index (χ3n) is 4.86. The average Bonchev–Trinajstić information content (AvgIpc) is 3.54. The van der Waals surface area contributed by atoms with Gasteiger partial charge in [-0.1, -0.05) is 30.0 Å². The van der Waals surface area contributed by atoms with E-state index in [2.05, 4.69) is 10.4 Å². The molecular weight excluding hydrogens is 400 g/mol. The summed E-state index contributed by atoms with van der Waals surface area (Å²) in [7, 11) is 3.14. The van der Waals surface area contributed by atoms with Crippen molar-refractivity contribution in [3.63, 3.8) is 0 Å². The summed E-state index contributed by atoms with van der Waals surface area (Å²) in [6.07, 6.45) is 2.26. The molecule has 1 unspecified atom stereocenters. The number of methoxy groups -OCH3 is 2. The molecular formula is C22H24N4O3S. The minimum Gasteiger partial charge on any atom is -0.493 e. The number of hydrogen-bond donors (Lipinski definition) is 1. The fourth-order valence-corrected chi connectivity index (χ4v) is 3.85. The lowest BCUT2D eigenvalue weighted by Gasteiger charge is -2.13. The second kappa shape index (κ2) is 8.79. The molecule has 156 valence electrons. The molecule has 1 N–H and O–H groups in total. The van der Waals surface area contributed by atoms with Crippen LogP contribution in [0.5, 0.6) is 11.5 Å². The van der Waals surface area contributed by atoms with Crippen molar-refractivity contribution in [2.24, 2.45) is 0 Å². The van der Waals surface area contributed by atoms with Gasteiger partial charge in [0.25, 0.3) is 0 Å². The fourth-order valence-electron chi connectivity index (χ4n) is 3.09. The fraction of sp³-hybridized carbons (Fsp3) is 0.318. The van der Waals surface area contributed by atoms with Gasteiger partial charge in [0.1, 0.15) is 5.82 Å². The van der Waals surface area contributed by atoms with Gasteiger partial charge in [0.2, 0.25) is 11.1 Å². The third kappa shape index (κ3) is 4.43. The monoisotopic (exact) mass is 424 g/mol. The summed E-state index contributed by atoms with van der Waals surface area (Å²) in [6, 6.07) is 15.3. The Bertz CT molecular complexity index is 1030. The first-order valence-electron chi connectivity index (χ1n) is 9.81. The zero-order valence-electron chi connectivity index (χ0n) is 17.2. The Hall–Kier alpha value is -3.00. The van der Waals surface area contributed by atoms with Crippen LogP contribution in [0, 0.1) is 0 Å². The number of hydrogen-bond acceptors (Lipinski definition) is 6. The van der Waals surface area contributed by atoms with Crippen LogP contribution in [0.3, 0.4) is 0 Å². The van der Waals surface area contributed by atoms with Crippen LogP contribution in [0.1, 0.15) is 31.5 Å². The second-order valence-corrected chi connectivity index (χ2v) is 8.40. The first kappa shape index (κ1) is 20.3. The first-order chi connectivity index (χ1) is 14.6. The van der Waals surface area contributed by atoms with E-state index in [-0.39, 0.29) is 11.2 Å². The second-order valence-electron chi connectivity index (χ2n) is 7.09. The van der Waals surface area contributed by atoms with Crippen molar-refractivity contribution < 1.29 is 14.3 Å². The lowest BCUT2D eigenvalue weighted by Crippen LogP contribution is -2.22. The molecule has 1 aromatic heterocycles. The minimum absolute atomic E-state index is 0.128. The molecule has 1 amide bonds. The van der Waals surface area contributed by atoms with Crippen LogP contribution in [-0.2, 0) is 4.79 Å². The number of ether oxygens (including phenoxy) is 2. The maximum atomic E-state index is 12.7. The Morgan fingerprint density at radius 2 is 1.87 bits per heavy atom. The SMILES string of the molecule is COc1ccc(NC(=O)C(C)Sc2nc(C3CC3)n(-c3ccccc3)n2)cc1OC. The number of nitrogens with zero attached hydrogens (tertiary/aromatic N) is 3. The largest absolute Gasteiger partial charge is 0.493 e. The van der Waals surface area contributed by atoms with E-state index in [1.54, 1.807) is 32.4 Å². The highest BCUT2D eigenvalue weighted by Crippen LogP contribution is 2.40. The van der Waals surface area contributed by atoms with Gasteiger partial charge in [-0.15, -0.1) is 5.10 Å². The molecule has 4 rings (SSSR count). The van der Waals surface area contributed by atoms with E-state index in [0.717, 1.165) is 24.4 Å². The molecule has 1 aliphatic carbocycles. The molecule has 1 saturated carbocycles. The number of para-hydroxylation sites is 1. The molecule has 0 saturated heterocycles. The molecule has 1 aliphatic rings. The molecule has 2 aromatic carbocycles. The van der Waals surface area contributed by atoms with Gasteiger partial charge < -0.3 is 14.8 Å². The lowest BCUT2D eigenvalue weighted by molar-refractivity contribution is -0.115. The quantitative estimate of drug-likeness (QED) is 0.544. The number of carbonyl (C=O) groups excluding carboxylic acids is 1. The van der Waals surface area contributed by atoms with Gasteiger partial charge >= 0.3 is 0 Å². The lowest BCUT2D eigenvalue weighted by atomic mass is 10.2. The molecule has 1 atom stereocenters. The summed E-state index contributed by atoms with van der Waals surface area (Å²) in [6.45, 7) is 1.85. The highest BCUT2D eigenvalue weighted by atomic mass is 32.2. The van der Waals surface area contributed by atoms with E-state index in [4.69, 9.17) is 14.5 Å². The van der Waals surface area contributed by atoms with Crippen LogP contribution in [0.4, 0.5) is 5.69 Å². The predicted molar refractivity (Wildman–Crippen MR) is 117 cm³/mol. The number of benzene rings is 2. The standard InChI is InChI=1S/C22H24N4O3S/c1-14(21(27)23-16-11-12-18(28-2)19(13-16)29-3)30-22-24-20(15-9-10-15)26(25-22)17-7-5-4-6-8-17/h4-8,11-15H,9-10H2,1-3H3,(H,23,27). The van der Waals surface area contributed by atoms with Crippen molar-refractivity contribution in [1.82, 2.24) is 14.8 Å². The summed E-state index contributed by atoms with van der Waals surface area (Å²) in [5.41, 5.74) is 1.63. The smallest absolute Gasteiger partial charge is 0.237 e. The van der Waals surface area contributed by atoms with Crippen LogP contribution in [0.2, 0.25) is 0 Å². The number of aromatic nitrogens is 3. The molecule has 8 heteroatoms. The number of amides is 1. The highest BCUT2D eigenvalue weighted by molar-refractivity contribution is 8.00. The van der Waals surface area contributed by atoms with Crippen LogP contribution in [0.25, 0.3) is 5.69 Å². The van der Waals surface area contributed by atoms with Gasteiger partial charge in [0, 0.05) is 17.7 Å². The Morgan fingerprint density at radius 3 is 2.53 bits per heavy atom. The molecule has 7 nitrogen and oxygen atoms in total. The first-order valence-corrected chi connectivity index (χ1v) is 10.7. The normalized spacial score (nSPS) is 14.2. The van der Waals surface area contributed by atoms with Crippen molar-refractivity contribution in [2.75, 3.05) is 19.5 Å². The van der Waals surface area contributed by atoms with Crippen LogP contribution in [-0.4, -0.2) is 40.1 Å². The third-order valence-corrected chi connectivity index (χ3v) is 5.81. The summed E-state index contributed by atoms with van der Waals surface area (Å²) < 4.78 is 12.4. The number of thioether (sulfide) groups is 1. The van der Waals surface area contributed by atoms with Crippen molar-refractivity contribution in [3.05, 3.63) is 54.4 Å². The number of anilines is 1. The van der Waals surface area contributed by atoms with E-state index in [0.29, 0.717) is 28.3 Å². The Balaban J connectivity index is 1.47. The number of rotatable bonds is 8. The Morgan fingerprint density at radius 1 is 1.13 bits per heavy atom. The van der Waals surface area contributed by atoms with Gasteiger partial charge in [0.05, 0.1) is 25.2 Å². The van der Waals surface area contributed by atoms with E-state index >= 15 is 0 Å². The Labute approximate surface area is 179 Å². The summed E-state index contributed by atoms with van der Waals surface area (Å²) in [4.78, 5) is 17.4. The van der Waals surface area contributed by atoms with Crippen molar-refractivity contribution in [3.8, 4) is 17.2 Å². The molecule has 0 bridgehead atoms. The van der Waals surface area contributed by atoms with E-state index in [1.165, 1.54) is 11.8 Å². The predicted octanol–water partition coefficient (Wildman–Crippen LogP) is 4.28. The van der Waals surface area contributed by atoms with Gasteiger partial charge in [-0.25, -0.2) is 9.67 Å². The minimum atomic E-state index is -0.364. The number of carbonyl (C=O) groups is 1. The maximum absolute atomic E-state index is 12.7. The number of nitrogens with one attached hydrogen (secondary N) is 1. The van der Waals surface area contributed by atoms with Crippen LogP contribution < -0.4 is 14.8 Å². The van der Waals surface area contributed by atoms with Crippen molar-refractivity contribution in [1.29, 1.82) is 0 Å². The molecule has 0 aliphatic heterocycles. The van der Waals surface area contributed by atoms with E-state index in [1.807, 2.05) is 41.9 Å². The molecule has 0 radical (unpaired) electrons. The molecule has 30 heavy (non-hydrogen) atoms. The summed E-state index contributed by atoms with van der Waals surface area (Å²) in [5, 5.41) is 7.83. The maximum Gasteiger partial charge on any atom is 0.237 e. The zero-order chi connectivity index (χ0) is 21.1. The average molecular weight is 425 g/mol. The van der Waals surface area contributed by atoms with Gasteiger partial charge in [-0.2, -0.15) is 0 Å². The highest BCUT2D eigenvalue weighted by Gasteiger charge is 2.31. The van der Waals surface area contributed by atoms with Crippen LogP contribution >= 0.6 is 11.8 Å². The van der Waals surface area contributed by atoms with Crippen LogP contribution in [0.15, 0.2) is 53.7 Å². The molecule has 3 aromatic rings. The van der Waals surface area contributed by atoms with Crippen molar-refractivity contribution >= 4 is 23.4 Å². The zero-order valence-corrected chi connectivity index (χ0v) is 18.0.